The van der Waals surface area contributed by atoms with Crippen molar-refractivity contribution in [2.45, 2.75) is 4.90 Å². The van der Waals surface area contributed by atoms with Crippen molar-refractivity contribution < 1.29 is 17.6 Å². The van der Waals surface area contributed by atoms with Crippen LogP contribution in [-0.2, 0) is 10.0 Å². The number of rotatable bonds is 3. The third-order valence-corrected chi connectivity index (χ3v) is 3.96. The van der Waals surface area contributed by atoms with E-state index in [-0.39, 0.29) is 10.8 Å². The van der Waals surface area contributed by atoms with Gasteiger partial charge in [0.2, 0.25) is 10.0 Å². The van der Waals surface area contributed by atoms with Gasteiger partial charge in [0, 0.05) is 11.3 Å². The molecule has 0 saturated heterocycles. The van der Waals surface area contributed by atoms with Crippen molar-refractivity contribution in [1.29, 1.82) is 0 Å². The van der Waals surface area contributed by atoms with Gasteiger partial charge in [0.05, 0.1) is 4.90 Å². The monoisotopic (exact) mass is 317 g/mol. The molecule has 0 aliphatic rings. The van der Waals surface area contributed by atoms with Crippen LogP contribution in [0, 0.1) is 0 Å². The summed E-state index contributed by atoms with van der Waals surface area (Å²) in [6.45, 7) is 0. The summed E-state index contributed by atoms with van der Waals surface area (Å²) in [5.74, 6) is -0.340. The highest BCUT2D eigenvalue weighted by Crippen LogP contribution is 2.17. The van der Waals surface area contributed by atoms with E-state index >= 15 is 0 Å². The third-order valence-electron chi connectivity index (χ3n) is 3.03. The van der Waals surface area contributed by atoms with Crippen LogP contribution >= 0.6 is 0 Å². The number of sulfonamides is 1. The Morgan fingerprint density at radius 2 is 1.86 bits per heavy atom. The minimum absolute atomic E-state index is 0.0190. The number of hydrogen-bond donors (Lipinski definition) is 2. The van der Waals surface area contributed by atoms with Gasteiger partial charge in [-0.3, -0.25) is 4.79 Å². The Morgan fingerprint density at radius 1 is 1.14 bits per heavy atom. The average Bonchev–Trinajstić information content (AvgIpc) is 2.94. The maximum absolute atomic E-state index is 12.1. The smallest absolute Gasteiger partial charge is 0.255 e. The summed E-state index contributed by atoms with van der Waals surface area (Å²) >= 11 is 0. The fourth-order valence-electron chi connectivity index (χ4n) is 1.93. The third kappa shape index (κ3) is 2.83. The maximum Gasteiger partial charge on any atom is 0.255 e. The fraction of sp³-hybridized carbons (Fsp3) is 0. The molecule has 0 saturated carbocycles. The lowest BCUT2D eigenvalue weighted by Crippen LogP contribution is -2.13. The molecular formula is C14H11N3O4S. The van der Waals surface area contributed by atoms with Crippen LogP contribution in [0.5, 0.6) is 0 Å². The van der Waals surface area contributed by atoms with Gasteiger partial charge in [0.1, 0.15) is 5.52 Å². The standard InChI is InChI=1S/C14H11N3O4S/c15-22(19,20)11-4-2-10(3-5-11)17-14(18)9-1-6-13-12(7-9)16-8-21-13/h1-8H,(H,17,18)(H2,15,19,20). The quantitative estimate of drug-likeness (QED) is 0.763. The Balaban J connectivity index is 1.81. The van der Waals surface area contributed by atoms with E-state index in [1.165, 1.54) is 30.7 Å². The number of anilines is 1. The van der Waals surface area contributed by atoms with Gasteiger partial charge in [-0.1, -0.05) is 0 Å². The highest BCUT2D eigenvalue weighted by Gasteiger charge is 2.10. The van der Waals surface area contributed by atoms with Crippen molar-refractivity contribution in [1.82, 2.24) is 4.98 Å². The number of carbonyl (C=O) groups is 1. The normalized spacial score (nSPS) is 11.5. The van der Waals surface area contributed by atoms with Crippen LogP contribution < -0.4 is 10.5 Å². The predicted molar refractivity (Wildman–Crippen MR) is 79.8 cm³/mol. The molecule has 3 aromatic rings. The molecule has 0 radical (unpaired) electrons. The maximum atomic E-state index is 12.1. The van der Waals surface area contributed by atoms with Gasteiger partial charge < -0.3 is 9.73 Å². The minimum atomic E-state index is -3.75. The molecule has 0 atom stereocenters. The molecule has 0 aliphatic carbocycles. The fourth-order valence-corrected chi connectivity index (χ4v) is 2.45. The number of oxazole rings is 1. The summed E-state index contributed by atoms with van der Waals surface area (Å²) in [6.07, 6.45) is 1.30. The summed E-state index contributed by atoms with van der Waals surface area (Å²) in [5, 5.41) is 7.67. The molecule has 3 rings (SSSR count). The summed E-state index contributed by atoms with van der Waals surface area (Å²) < 4.78 is 27.4. The summed E-state index contributed by atoms with van der Waals surface area (Å²) in [5.41, 5.74) is 2.04. The Bertz CT molecular complexity index is 946. The second kappa shape index (κ2) is 5.24. The van der Waals surface area contributed by atoms with Gasteiger partial charge in [-0.25, -0.2) is 18.5 Å². The molecular weight excluding hydrogens is 306 g/mol. The van der Waals surface area contributed by atoms with Gasteiger partial charge in [-0.15, -0.1) is 0 Å². The Kier molecular flexibility index (Phi) is 3.39. The Morgan fingerprint density at radius 3 is 2.55 bits per heavy atom. The van der Waals surface area contributed by atoms with E-state index in [0.717, 1.165) is 0 Å². The van der Waals surface area contributed by atoms with E-state index in [0.29, 0.717) is 22.4 Å². The number of nitrogens with one attached hydrogen (secondary N) is 1. The molecule has 2 aromatic carbocycles. The predicted octanol–water partition coefficient (Wildman–Crippen LogP) is 1.73. The van der Waals surface area contributed by atoms with Gasteiger partial charge in [-0.2, -0.15) is 0 Å². The topological polar surface area (TPSA) is 115 Å². The van der Waals surface area contributed by atoms with E-state index in [4.69, 9.17) is 9.56 Å². The molecule has 0 bridgehead atoms. The minimum Gasteiger partial charge on any atom is -0.443 e. The van der Waals surface area contributed by atoms with Crippen molar-refractivity contribution in [2.75, 3.05) is 5.32 Å². The molecule has 22 heavy (non-hydrogen) atoms. The molecule has 0 fully saturated rings. The number of amides is 1. The molecule has 1 heterocycles. The lowest BCUT2D eigenvalue weighted by atomic mass is 10.2. The van der Waals surface area contributed by atoms with Gasteiger partial charge >= 0.3 is 0 Å². The molecule has 0 spiro atoms. The number of benzene rings is 2. The van der Waals surface area contributed by atoms with Crippen LogP contribution in [0.1, 0.15) is 10.4 Å². The van der Waals surface area contributed by atoms with Crippen molar-refractivity contribution in [2.24, 2.45) is 5.14 Å². The number of nitrogens with zero attached hydrogens (tertiary/aromatic N) is 1. The van der Waals surface area contributed by atoms with E-state index in [1.807, 2.05) is 0 Å². The molecule has 7 nitrogen and oxygen atoms in total. The van der Waals surface area contributed by atoms with Crippen LogP contribution in [0.3, 0.4) is 0 Å². The van der Waals surface area contributed by atoms with Crippen LogP contribution in [0.4, 0.5) is 5.69 Å². The summed E-state index contributed by atoms with van der Waals surface area (Å²) in [4.78, 5) is 16.1. The number of hydrogen-bond acceptors (Lipinski definition) is 5. The lowest BCUT2D eigenvalue weighted by molar-refractivity contribution is 0.102. The summed E-state index contributed by atoms with van der Waals surface area (Å²) in [6, 6.07) is 10.5. The van der Waals surface area contributed by atoms with Crippen LogP contribution in [0.25, 0.3) is 11.1 Å². The first-order valence-electron chi connectivity index (χ1n) is 6.21. The zero-order valence-corrected chi connectivity index (χ0v) is 12.0. The zero-order valence-electron chi connectivity index (χ0n) is 11.2. The lowest BCUT2D eigenvalue weighted by Gasteiger charge is -2.06. The van der Waals surface area contributed by atoms with Crippen LogP contribution in [-0.4, -0.2) is 19.3 Å². The Hall–Kier alpha value is -2.71. The van der Waals surface area contributed by atoms with Crippen molar-refractivity contribution in [3.05, 3.63) is 54.4 Å². The SMILES string of the molecule is NS(=O)(=O)c1ccc(NC(=O)c2ccc3ocnc3c2)cc1. The molecule has 0 unspecified atom stereocenters. The van der Waals surface area contributed by atoms with Crippen molar-refractivity contribution >= 4 is 32.7 Å². The van der Waals surface area contributed by atoms with Gasteiger partial charge in [0.15, 0.2) is 12.0 Å². The van der Waals surface area contributed by atoms with Crippen LogP contribution in [0.15, 0.2) is 58.2 Å². The Labute approximate surface area is 125 Å². The van der Waals surface area contributed by atoms with Crippen molar-refractivity contribution in [3.63, 3.8) is 0 Å². The number of aromatic nitrogens is 1. The number of primary sulfonamides is 1. The highest BCUT2D eigenvalue weighted by atomic mass is 32.2. The average molecular weight is 317 g/mol. The molecule has 1 amide bonds. The van der Waals surface area contributed by atoms with Crippen molar-refractivity contribution in [3.8, 4) is 0 Å². The second-order valence-electron chi connectivity index (χ2n) is 4.56. The van der Waals surface area contributed by atoms with Crippen LogP contribution in [0.2, 0.25) is 0 Å². The van der Waals surface area contributed by atoms with E-state index < -0.39 is 10.0 Å². The molecule has 112 valence electrons. The largest absolute Gasteiger partial charge is 0.443 e. The first-order valence-corrected chi connectivity index (χ1v) is 7.75. The number of nitrogens with two attached hydrogens (primary N) is 1. The van der Waals surface area contributed by atoms with E-state index in [2.05, 4.69) is 10.3 Å². The second-order valence-corrected chi connectivity index (χ2v) is 6.12. The summed E-state index contributed by atoms with van der Waals surface area (Å²) in [7, 11) is -3.75. The van der Waals surface area contributed by atoms with Gasteiger partial charge in [0.25, 0.3) is 5.91 Å². The molecule has 1 aromatic heterocycles. The number of carbonyl (C=O) groups excluding carboxylic acids is 1. The molecule has 0 aliphatic heterocycles. The van der Waals surface area contributed by atoms with E-state index in [9.17, 15) is 13.2 Å². The molecule has 8 heteroatoms. The molecule has 3 N–H and O–H groups in total. The first-order chi connectivity index (χ1) is 10.4. The number of fused-ring (bicyclic) bond motifs is 1. The highest BCUT2D eigenvalue weighted by molar-refractivity contribution is 7.89. The first kappa shape index (κ1) is 14.2. The zero-order chi connectivity index (χ0) is 15.7. The van der Waals surface area contributed by atoms with E-state index in [1.54, 1.807) is 18.2 Å². The van der Waals surface area contributed by atoms with Gasteiger partial charge in [-0.05, 0) is 42.5 Å².